The quantitative estimate of drug-likeness (QED) is 0.346. The number of ether oxygens (including phenoxy) is 2. The number of anilines is 1. The number of aryl methyl sites for hydroxylation is 1. The average Bonchev–Trinajstić information content (AvgIpc) is 2.85. The minimum Gasteiger partial charge on any atom is -0.490 e. The van der Waals surface area contributed by atoms with E-state index in [-0.39, 0.29) is 28.9 Å². The summed E-state index contributed by atoms with van der Waals surface area (Å²) >= 11 is 6.52. The van der Waals surface area contributed by atoms with Crippen LogP contribution in [0.5, 0.6) is 11.5 Å². The maximum Gasteiger partial charge on any atom is 0.262 e. The lowest BCUT2D eigenvalue weighted by Crippen LogP contribution is -2.20. The van der Waals surface area contributed by atoms with Crippen molar-refractivity contribution >= 4 is 45.2 Å². The number of amides is 1. The highest BCUT2D eigenvalue weighted by Gasteiger charge is 2.12. The van der Waals surface area contributed by atoms with Gasteiger partial charge in [0.2, 0.25) is 0 Å². The monoisotopic (exact) mass is 489 g/mol. The molecule has 4 rings (SSSR count). The van der Waals surface area contributed by atoms with Crippen LogP contribution in [0.15, 0.2) is 71.5 Å². The molecule has 3 aromatic carbocycles. The number of hydrogen-bond donors (Lipinski definition) is 2. The Hall–Kier alpha value is -4.10. The minimum absolute atomic E-state index is 0.174. The molecule has 1 amide bonds. The number of nitrogens with zero attached hydrogens (tertiary/aromatic N) is 1. The van der Waals surface area contributed by atoms with Gasteiger partial charge in [0, 0.05) is 5.69 Å². The number of benzene rings is 3. The van der Waals surface area contributed by atoms with Crippen LogP contribution >= 0.6 is 11.6 Å². The molecule has 0 fully saturated rings. The Kier molecular flexibility index (Phi) is 7.48. The van der Waals surface area contributed by atoms with Crippen molar-refractivity contribution < 1.29 is 14.3 Å². The number of halogens is 1. The van der Waals surface area contributed by atoms with E-state index in [2.05, 4.69) is 15.3 Å². The molecule has 1 aromatic heterocycles. The second kappa shape index (κ2) is 10.9. The Morgan fingerprint density at radius 3 is 2.63 bits per heavy atom. The fraction of sp³-hybridized carbons (Fsp3) is 0.148. The second-order valence-corrected chi connectivity index (χ2v) is 8.13. The molecule has 0 radical (unpaired) electrons. The summed E-state index contributed by atoms with van der Waals surface area (Å²) in [6.07, 6.45) is 1.68. The van der Waals surface area contributed by atoms with Crippen LogP contribution < -0.4 is 20.3 Å². The largest absolute Gasteiger partial charge is 0.490 e. The first kappa shape index (κ1) is 24.0. The summed E-state index contributed by atoms with van der Waals surface area (Å²) in [6.45, 7) is 3.98. The van der Waals surface area contributed by atoms with Crippen molar-refractivity contribution in [1.82, 2.24) is 9.97 Å². The normalized spacial score (nSPS) is 11.3. The summed E-state index contributed by atoms with van der Waals surface area (Å²) in [4.78, 5) is 32.0. The topological polar surface area (TPSA) is 93.3 Å². The Bertz CT molecular complexity index is 1450. The zero-order valence-corrected chi connectivity index (χ0v) is 20.1. The standard InChI is InChI=1S/C27H24ClN3O4/c1-3-34-23-15-18(12-13-22(23)35-16-24(32)29-19-9-5-4-6-10-19)14-21(28)26-30-25-17(2)8-7-11-20(25)27(33)31-26/h4-15H,3,16H2,1-2H3,(H,29,32)(H,30,31,33)/b21-14-. The third-order valence-electron chi connectivity index (χ3n) is 5.14. The molecule has 35 heavy (non-hydrogen) atoms. The summed E-state index contributed by atoms with van der Waals surface area (Å²) in [5, 5.41) is 3.55. The Balaban J connectivity index is 1.54. The van der Waals surface area contributed by atoms with Crippen molar-refractivity contribution in [2.24, 2.45) is 0 Å². The van der Waals surface area contributed by atoms with Crippen molar-refractivity contribution in [3.05, 3.63) is 94.0 Å². The van der Waals surface area contributed by atoms with Crippen LogP contribution in [0.1, 0.15) is 23.9 Å². The van der Waals surface area contributed by atoms with Gasteiger partial charge in [-0.15, -0.1) is 0 Å². The van der Waals surface area contributed by atoms with E-state index in [1.807, 2.05) is 44.2 Å². The van der Waals surface area contributed by atoms with Crippen LogP contribution in [0.25, 0.3) is 22.0 Å². The lowest BCUT2D eigenvalue weighted by Gasteiger charge is -2.13. The number of fused-ring (bicyclic) bond motifs is 1. The third-order valence-corrected chi connectivity index (χ3v) is 5.43. The molecule has 0 saturated heterocycles. The van der Waals surface area contributed by atoms with Crippen molar-refractivity contribution in [3.8, 4) is 11.5 Å². The minimum atomic E-state index is -0.285. The molecule has 0 spiro atoms. The van der Waals surface area contributed by atoms with E-state index < -0.39 is 0 Å². The first-order valence-electron chi connectivity index (χ1n) is 11.1. The predicted molar refractivity (Wildman–Crippen MR) is 139 cm³/mol. The predicted octanol–water partition coefficient (Wildman–Crippen LogP) is 5.38. The number of carbonyl (C=O) groups is 1. The SMILES string of the molecule is CCOc1cc(/C=C(\Cl)c2nc3c(C)cccc3c(=O)[nH]2)ccc1OCC(=O)Nc1ccccc1. The Morgan fingerprint density at radius 2 is 1.86 bits per heavy atom. The molecule has 0 aliphatic heterocycles. The van der Waals surface area contributed by atoms with Gasteiger partial charge in [0.1, 0.15) is 0 Å². The van der Waals surface area contributed by atoms with Crippen LogP contribution in [-0.4, -0.2) is 29.1 Å². The van der Waals surface area contributed by atoms with Gasteiger partial charge in [-0.3, -0.25) is 9.59 Å². The zero-order valence-electron chi connectivity index (χ0n) is 19.3. The van der Waals surface area contributed by atoms with Crippen LogP contribution in [-0.2, 0) is 4.79 Å². The number of hydrogen-bond acceptors (Lipinski definition) is 5. The second-order valence-electron chi connectivity index (χ2n) is 7.72. The number of para-hydroxylation sites is 2. The highest BCUT2D eigenvalue weighted by Crippen LogP contribution is 2.31. The molecule has 0 unspecified atom stereocenters. The van der Waals surface area contributed by atoms with Crippen molar-refractivity contribution in [1.29, 1.82) is 0 Å². The van der Waals surface area contributed by atoms with Gasteiger partial charge in [0.25, 0.3) is 11.5 Å². The molecule has 4 aromatic rings. The molecule has 0 bridgehead atoms. The highest BCUT2D eigenvalue weighted by molar-refractivity contribution is 6.50. The van der Waals surface area contributed by atoms with Gasteiger partial charge in [-0.2, -0.15) is 0 Å². The fourth-order valence-electron chi connectivity index (χ4n) is 3.50. The van der Waals surface area contributed by atoms with Crippen LogP contribution in [0.4, 0.5) is 5.69 Å². The van der Waals surface area contributed by atoms with Gasteiger partial charge in [0.15, 0.2) is 23.9 Å². The molecule has 2 N–H and O–H groups in total. The number of aromatic nitrogens is 2. The Morgan fingerprint density at radius 1 is 1.06 bits per heavy atom. The Labute approximate surface area is 207 Å². The van der Waals surface area contributed by atoms with E-state index in [1.165, 1.54) is 0 Å². The van der Waals surface area contributed by atoms with E-state index >= 15 is 0 Å². The summed E-state index contributed by atoms with van der Waals surface area (Å²) in [5.41, 5.74) is 2.64. The van der Waals surface area contributed by atoms with E-state index in [1.54, 1.807) is 42.5 Å². The van der Waals surface area contributed by atoms with Gasteiger partial charge < -0.3 is 19.8 Å². The van der Waals surface area contributed by atoms with E-state index in [4.69, 9.17) is 21.1 Å². The van der Waals surface area contributed by atoms with Gasteiger partial charge in [0.05, 0.1) is 22.5 Å². The van der Waals surface area contributed by atoms with Crippen molar-refractivity contribution in [3.63, 3.8) is 0 Å². The van der Waals surface area contributed by atoms with Gasteiger partial charge in [-0.1, -0.05) is 48.0 Å². The smallest absolute Gasteiger partial charge is 0.262 e. The third kappa shape index (κ3) is 5.88. The van der Waals surface area contributed by atoms with Gasteiger partial charge >= 0.3 is 0 Å². The van der Waals surface area contributed by atoms with Crippen LogP contribution in [0.3, 0.4) is 0 Å². The summed E-state index contributed by atoms with van der Waals surface area (Å²) in [6, 6.07) is 19.8. The molecule has 0 aliphatic carbocycles. The highest BCUT2D eigenvalue weighted by atomic mass is 35.5. The summed E-state index contributed by atoms with van der Waals surface area (Å²) < 4.78 is 11.4. The number of H-pyrrole nitrogens is 1. The van der Waals surface area contributed by atoms with Gasteiger partial charge in [-0.25, -0.2) is 4.98 Å². The van der Waals surface area contributed by atoms with Crippen molar-refractivity contribution in [2.45, 2.75) is 13.8 Å². The maximum absolute atomic E-state index is 12.5. The number of nitrogens with one attached hydrogen (secondary N) is 2. The average molecular weight is 490 g/mol. The number of rotatable bonds is 8. The van der Waals surface area contributed by atoms with E-state index in [0.29, 0.717) is 40.3 Å². The van der Waals surface area contributed by atoms with E-state index in [0.717, 1.165) is 5.56 Å². The molecule has 178 valence electrons. The van der Waals surface area contributed by atoms with Gasteiger partial charge in [-0.05, 0) is 61.4 Å². The van der Waals surface area contributed by atoms with Crippen LogP contribution in [0.2, 0.25) is 0 Å². The lowest BCUT2D eigenvalue weighted by atomic mass is 10.1. The van der Waals surface area contributed by atoms with E-state index in [9.17, 15) is 9.59 Å². The lowest BCUT2D eigenvalue weighted by molar-refractivity contribution is -0.118. The zero-order chi connectivity index (χ0) is 24.8. The molecule has 0 atom stereocenters. The number of carbonyl (C=O) groups excluding carboxylic acids is 1. The molecule has 0 aliphatic rings. The molecule has 8 heteroatoms. The molecular weight excluding hydrogens is 466 g/mol. The fourth-order valence-corrected chi connectivity index (χ4v) is 3.71. The number of aromatic amines is 1. The first-order valence-corrected chi connectivity index (χ1v) is 11.4. The molecule has 7 nitrogen and oxygen atoms in total. The van der Waals surface area contributed by atoms with Crippen LogP contribution in [0, 0.1) is 6.92 Å². The van der Waals surface area contributed by atoms with Crippen molar-refractivity contribution in [2.75, 3.05) is 18.5 Å². The molecule has 0 saturated carbocycles. The maximum atomic E-state index is 12.5. The summed E-state index contributed by atoms with van der Waals surface area (Å²) in [5.74, 6) is 0.881. The summed E-state index contributed by atoms with van der Waals surface area (Å²) in [7, 11) is 0. The first-order chi connectivity index (χ1) is 16.9. The molecular formula is C27H24ClN3O4. The molecule has 1 heterocycles.